The van der Waals surface area contributed by atoms with E-state index in [-0.39, 0.29) is 17.7 Å². The second-order valence-corrected chi connectivity index (χ2v) is 11.2. The Kier molecular flexibility index (Phi) is 7.37. The first kappa shape index (κ1) is 25.0. The minimum absolute atomic E-state index is 0.0595. The van der Waals surface area contributed by atoms with Gasteiger partial charge in [0, 0.05) is 44.7 Å². The van der Waals surface area contributed by atoms with Crippen molar-refractivity contribution in [1.82, 2.24) is 25.6 Å². The fourth-order valence-corrected chi connectivity index (χ4v) is 7.44. The number of amides is 1. The number of fused-ring (bicyclic) bond motifs is 3. The first-order valence-corrected chi connectivity index (χ1v) is 13.3. The fraction of sp³-hybridized carbons (Fsp3) is 0.957. The zero-order chi connectivity index (χ0) is 24.0. The molecule has 5 aliphatic rings. The lowest BCUT2D eigenvalue weighted by Gasteiger charge is -2.53. The number of piperidine rings is 1. The van der Waals surface area contributed by atoms with E-state index in [0.717, 1.165) is 56.5 Å². The molecular formula is C23H37ClF3N5O2. The molecule has 7 nitrogen and oxygen atoms in total. The van der Waals surface area contributed by atoms with E-state index in [4.69, 9.17) is 16.3 Å². The third-order valence-electron chi connectivity index (χ3n) is 8.72. The average Bonchev–Trinajstić information content (AvgIpc) is 3.47. The molecule has 6 atom stereocenters. The number of hydrazine groups is 1. The van der Waals surface area contributed by atoms with Crippen LogP contribution in [0.5, 0.6) is 0 Å². The highest BCUT2D eigenvalue weighted by Gasteiger charge is 2.52. The summed E-state index contributed by atoms with van der Waals surface area (Å²) in [6, 6.07) is -0.751. The number of halogens is 4. The maximum atomic E-state index is 14.2. The number of nitrogens with one attached hydrogen (secondary N) is 2. The van der Waals surface area contributed by atoms with E-state index in [1.807, 2.05) is 0 Å². The molecule has 34 heavy (non-hydrogen) atoms. The molecule has 2 N–H and O–H groups in total. The van der Waals surface area contributed by atoms with E-state index < -0.39 is 30.1 Å². The van der Waals surface area contributed by atoms with E-state index in [2.05, 4.69) is 20.7 Å². The lowest BCUT2D eigenvalue weighted by atomic mass is 9.78. The van der Waals surface area contributed by atoms with Crippen LogP contribution in [-0.2, 0) is 9.53 Å². The fourth-order valence-electron chi connectivity index (χ4n) is 7.16. The van der Waals surface area contributed by atoms with Gasteiger partial charge in [-0.1, -0.05) is 0 Å². The average molecular weight is 508 g/mol. The highest BCUT2D eigenvalue weighted by molar-refractivity contribution is 6.20. The van der Waals surface area contributed by atoms with Gasteiger partial charge in [-0.2, -0.15) is 13.2 Å². The molecule has 1 amide bonds. The summed E-state index contributed by atoms with van der Waals surface area (Å²) >= 11 is 6.34. The third-order valence-corrected chi connectivity index (χ3v) is 9.00. The van der Waals surface area contributed by atoms with Crippen LogP contribution in [0.25, 0.3) is 0 Å². The van der Waals surface area contributed by atoms with Gasteiger partial charge in [0.1, 0.15) is 12.1 Å². The van der Waals surface area contributed by atoms with Crippen molar-refractivity contribution in [3.05, 3.63) is 0 Å². The Labute approximate surface area is 204 Å². The van der Waals surface area contributed by atoms with Crippen LogP contribution in [0.4, 0.5) is 13.2 Å². The Morgan fingerprint density at radius 1 is 1.12 bits per heavy atom. The summed E-state index contributed by atoms with van der Waals surface area (Å²) in [6.07, 6.45) is 1.79. The molecule has 0 radical (unpaired) electrons. The van der Waals surface area contributed by atoms with Gasteiger partial charge in [-0.3, -0.25) is 15.0 Å². The van der Waals surface area contributed by atoms with Crippen molar-refractivity contribution in [1.29, 1.82) is 0 Å². The minimum Gasteiger partial charge on any atom is -0.368 e. The van der Waals surface area contributed by atoms with Crippen molar-refractivity contribution in [3.8, 4) is 0 Å². The Bertz CT molecular complexity index is 732. The van der Waals surface area contributed by atoms with Gasteiger partial charge < -0.3 is 9.64 Å². The van der Waals surface area contributed by atoms with Crippen LogP contribution in [0.1, 0.15) is 57.8 Å². The number of nitrogens with zero attached hydrogens (tertiary/aromatic N) is 3. The first-order valence-electron chi connectivity index (χ1n) is 12.9. The third kappa shape index (κ3) is 4.83. The number of ether oxygens (including phenoxy) is 1. The molecule has 5 unspecified atom stereocenters. The molecule has 4 heterocycles. The number of hydrogen-bond acceptors (Lipinski definition) is 6. The van der Waals surface area contributed by atoms with Gasteiger partial charge in [0.05, 0.1) is 11.7 Å². The van der Waals surface area contributed by atoms with Crippen LogP contribution in [0.3, 0.4) is 0 Å². The van der Waals surface area contributed by atoms with Crippen LogP contribution in [0, 0.1) is 5.92 Å². The molecule has 0 aromatic rings. The summed E-state index contributed by atoms with van der Waals surface area (Å²) in [4.78, 5) is 16.2. The Morgan fingerprint density at radius 3 is 2.56 bits per heavy atom. The van der Waals surface area contributed by atoms with Crippen molar-refractivity contribution in [2.75, 3.05) is 26.7 Å². The summed E-state index contributed by atoms with van der Waals surface area (Å²) in [6.45, 7) is 2.32. The molecule has 0 bridgehead atoms. The zero-order valence-electron chi connectivity index (χ0n) is 19.8. The van der Waals surface area contributed by atoms with Crippen molar-refractivity contribution < 1.29 is 22.7 Å². The van der Waals surface area contributed by atoms with Crippen LogP contribution in [0.2, 0.25) is 0 Å². The SMILES string of the molecule is CN(C(=O)C1CCCO1)[C@@H](C1CCC(N2CCCC3C2CNC2CC(Cl)NN23)CC1)C(F)(F)F. The lowest BCUT2D eigenvalue weighted by molar-refractivity contribution is -0.204. The van der Waals surface area contributed by atoms with Gasteiger partial charge in [-0.15, -0.1) is 11.6 Å². The monoisotopic (exact) mass is 507 g/mol. The van der Waals surface area contributed by atoms with Crippen LogP contribution in [0.15, 0.2) is 0 Å². The first-order chi connectivity index (χ1) is 16.2. The van der Waals surface area contributed by atoms with E-state index >= 15 is 0 Å². The number of likely N-dealkylation sites (N-methyl/N-ethyl adjacent to an activating group) is 1. The number of hydrogen-bond donors (Lipinski definition) is 2. The second kappa shape index (κ2) is 10.0. The quantitative estimate of drug-likeness (QED) is 0.451. The maximum Gasteiger partial charge on any atom is 0.409 e. The summed E-state index contributed by atoms with van der Waals surface area (Å²) in [5.41, 5.74) is 3.34. The molecule has 1 saturated carbocycles. The molecule has 5 fully saturated rings. The van der Waals surface area contributed by atoms with Crippen LogP contribution in [-0.4, -0.2) is 95.6 Å². The van der Waals surface area contributed by atoms with E-state index in [0.29, 0.717) is 38.0 Å². The number of carbonyl (C=O) groups is 1. The Balaban J connectivity index is 1.23. The van der Waals surface area contributed by atoms with Crippen LogP contribution >= 0.6 is 11.6 Å². The van der Waals surface area contributed by atoms with Gasteiger partial charge in [-0.25, -0.2) is 10.4 Å². The molecule has 4 saturated heterocycles. The van der Waals surface area contributed by atoms with Gasteiger partial charge >= 0.3 is 6.18 Å². The zero-order valence-corrected chi connectivity index (χ0v) is 20.5. The molecule has 194 valence electrons. The predicted molar refractivity (Wildman–Crippen MR) is 122 cm³/mol. The molecule has 1 aliphatic carbocycles. The smallest absolute Gasteiger partial charge is 0.368 e. The largest absolute Gasteiger partial charge is 0.409 e. The minimum atomic E-state index is -4.45. The number of likely N-dealkylation sites (tertiary alicyclic amines) is 1. The van der Waals surface area contributed by atoms with E-state index in [1.54, 1.807) is 0 Å². The van der Waals surface area contributed by atoms with Gasteiger partial charge in [0.2, 0.25) is 0 Å². The van der Waals surface area contributed by atoms with Gasteiger partial charge in [0.15, 0.2) is 0 Å². The predicted octanol–water partition coefficient (Wildman–Crippen LogP) is 2.65. The number of carbonyl (C=O) groups excluding carboxylic acids is 1. The standard InChI is InChI=1S/C23H37ClF3N5O2/c1-30(22(33)18-5-3-11-34-18)21(23(25,26)27)14-6-8-15(9-7-14)31-10-2-4-16-17(31)13-28-20-12-19(24)29-32(16)20/h14-21,28-29H,2-13H2,1H3/t14?,15?,16?,17?,18?,19?,20?,21-/m0/s1. The lowest BCUT2D eigenvalue weighted by Crippen LogP contribution is -2.70. The second-order valence-electron chi connectivity index (χ2n) is 10.7. The molecule has 0 spiro atoms. The van der Waals surface area contributed by atoms with Crippen molar-refractivity contribution in [3.63, 3.8) is 0 Å². The Hall–Kier alpha value is -0.650. The van der Waals surface area contributed by atoms with Gasteiger partial charge in [0.25, 0.3) is 5.91 Å². The molecule has 4 aliphatic heterocycles. The molecule has 0 aromatic carbocycles. The highest BCUT2D eigenvalue weighted by atomic mass is 35.5. The molecule has 11 heteroatoms. The topological polar surface area (TPSA) is 60.1 Å². The van der Waals surface area contributed by atoms with Crippen molar-refractivity contribution in [2.24, 2.45) is 5.92 Å². The highest BCUT2D eigenvalue weighted by Crippen LogP contribution is 2.41. The summed E-state index contributed by atoms with van der Waals surface area (Å²) in [5, 5.41) is 5.90. The molecule has 5 rings (SSSR count). The Morgan fingerprint density at radius 2 is 1.88 bits per heavy atom. The maximum absolute atomic E-state index is 14.2. The number of alkyl halides is 4. The van der Waals surface area contributed by atoms with E-state index in [9.17, 15) is 18.0 Å². The van der Waals surface area contributed by atoms with Crippen LogP contribution < -0.4 is 10.7 Å². The van der Waals surface area contributed by atoms with E-state index in [1.165, 1.54) is 7.05 Å². The van der Waals surface area contributed by atoms with Crippen molar-refractivity contribution >= 4 is 17.5 Å². The van der Waals surface area contributed by atoms with Crippen molar-refractivity contribution in [2.45, 2.75) is 106 Å². The molecular weight excluding hydrogens is 471 g/mol. The molecule has 0 aromatic heterocycles. The van der Waals surface area contributed by atoms with Gasteiger partial charge in [-0.05, 0) is 63.8 Å². The summed E-state index contributed by atoms with van der Waals surface area (Å²) in [7, 11) is 1.31. The summed E-state index contributed by atoms with van der Waals surface area (Å²) in [5.74, 6) is -1.10. The number of rotatable bonds is 4. The summed E-state index contributed by atoms with van der Waals surface area (Å²) < 4.78 is 47.8. The normalized spacial score (nSPS) is 40.6.